The van der Waals surface area contributed by atoms with E-state index >= 15 is 0 Å². The number of amides is 1. The second kappa shape index (κ2) is 7.05. The van der Waals surface area contributed by atoms with Crippen molar-refractivity contribution in [3.8, 4) is 5.88 Å². The molecule has 116 valence electrons. The summed E-state index contributed by atoms with van der Waals surface area (Å²) in [6.45, 7) is 1.69. The minimum absolute atomic E-state index is 0.0264. The van der Waals surface area contributed by atoms with Crippen molar-refractivity contribution in [3.63, 3.8) is 0 Å². The van der Waals surface area contributed by atoms with Crippen molar-refractivity contribution < 1.29 is 9.53 Å². The lowest BCUT2D eigenvalue weighted by molar-refractivity contribution is -0.133. The van der Waals surface area contributed by atoms with E-state index in [1.165, 1.54) is 19.2 Å². The molecule has 2 heterocycles. The largest absolute Gasteiger partial charge is 0.467 e. The maximum absolute atomic E-state index is 12.3. The van der Waals surface area contributed by atoms with E-state index in [2.05, 4.69) is 25.9 Å². The molecule has 0 N–H and O–H groups in total. The third-order valence-electron chi connectivity index (χ3n) is 3.85. The van der Waals surface area contributed by atoms with Gasteiger partial charge < -0.3 is 9.64 Å². The maximum atomic E-state index is 12.3. The number of ether oxygens (including phenoxy) is 1. The third kappa shape index (κ3) is 3.55. The summed E-state index contributed by atoms with van der Waals surface area (Å²) in [5.41, 5.74) is 0.801. The molecular formula is C16H18BrN3O2. The highest BCUT2D eigenvalue weighted by atomic mass is 79.9. The average molecular weight is 364 g/mol. The summed E-state index contributed by atoms with van der Waals surface area (Å²) in [5, 5.41) is 0.806. The Morgan fingerprint density at radius 1 is 1.18 bits per heavy atom. The Bertz CT molecular complexity index is 669. The molecule has 0 atom stereocenters. The number of hydrogen-bond acceptors (Lipinski definition) is 4. The summed E-state index contributed by atoms with van der Waals surface area (Å²) in [7, 11) is 0. The Hall–Kier alpha value is -1.69. The zero-order valence-electron chi connectivity index (χ0n) is 12.3. The van der Waals surface area contributed by atoms with Crippen molar-refractivity contribution >= 4 is 32.7 Å². The molecule has 0 bridgehead atoms. The molecule has 0 unspecified atom stereocenters. The number of carbonyl (C=O) groups excluding carboxylic acids is 1. The number of aromatic nitrogens is 2. The van der Waals surface area contributed by atoms with Crippen molar-refractivity contribution in [1.82, 2.24) is 14.9 Å². The van der Waals surface area contributed by atoms with Crippen molar-refractivity contribution in [2.75, 3.05) is 19.7 Å². The average Bonchev–Trinajstić information content (AvgIpc) is 2.82. The predicted octanol–water partition coefficient (Wildman–Crippen LogP) is 3.17. The molecule has 1 aliphatic heterocycles. The number of hydrogen-bond donors (Lipinski definition) is 0. The van der Waals surface area contributed by atoms with Gasteiger partial charge in [-0.1, -0.05) is 28.8 Å². The first-order chi connectivity index (χ1) is 10.7. The highest BCUT2D eigenvalue weighted by Gasteiger charge is 2.16. The van der Waals surface area contributed by atoms with Crippen LogP contribution >= 0.6 is 15.9 Å². The maximum Gasteiger partial charge on any atom is 0.260 e. The molecule has 2 aromatic rings. The Labute approximate surface area is 137 Å². The molecule has 1 aliphatic rings. The number of likely N-dealkylation sites (tertiary alicyclic amines) is 1. The molecule has 22 heavy (non-hydrogen) atoms. The fourth-order valence-corrected chi connectivity index (χ4v) is 3.02. The van der Waals surface area contributed by atoms with E-state index in [0.717, 1.165) is 41.3 Å². The van der Waals surface area contributed by atoms with Crippen LogP contribution in [0.15, 0.2) is 29.0 Å². The lowest BCUT2D eigenvalue weighted by Crippen LogP contribution is -2.35. The third-order valence-corrected chi connectivity index (χ3v) is 4.35. The summed E-state index contributed by atoms with van der Waals surface area (Å²) < 4.78 is 6.60. The van der Waals surface area contributed by atoms with Crippen LogP contribution in [0.3, 0.4) is 0 Å². The van der Waals surface area contributed by atoms with Gasteiger partial charge in [-0.05, 0) is 31.0 Å². The van der Waals surface area contributed by atoms with Crippen LogP contribution in [0.1, 0.15) is 25.7 Å². The lowest BCUT2D eigenvalue weighted by Gasteiger charge is -2.20. The van der Waals surface area contributed by atoms with Crippen molar-refractivity contribution in [2.45, 2.75) is 25.7 Å². The summed E-state index contributed by atoms with van der Waals surface area (Å²) in [4.78, 5) is 22.5. The molecule has 1 amide bonds. The number of fused-ring (bicyclic) bond motifs is 1. The summed E-state index contributed by atoms with van der Waals surface area (Å²) >= 11 is 3.43. The highest BCUT2D eigenvalue weighted by Crippen LogP contribution is 2.24. The van der Waals surface area contributed by atoms with E-state index < -0.39 is 0 Å². The fraction of sp³-hybridized carbons (Fsp3) is 0.438. The van der Waals surface area contributed by atoms with Gasteiger partial charge in [0.2, 0.25) is 5.88 Å². The van der Waals surface area contributed by atoms with Crippen molar-refractivity contribution in [2.24, 2.45) is 0 Å². The Morgan fingerprint density at radius 3 is 2.73 bits per heavy atom. The normalized spacial score (nSPS) is 15.6. The number of nitrogens with zero attached hydrogens (tertiary/aromatic N) is 3. The van der Waals surface area contributed by atoms with Crippen LogP contribution in [0.2, 0.25) is 0 Å². The van der Waals surface area contributed by atoms with Crippen LogP contribution in [0.25, 0.3) is 10.9 Å². The number of rotatable bonds is 3. The van der Waals surface area contributed by atoms with E-state index in [0.29, 0.717) is 5.88 Å². The standard InChI is InChI=1S/C16H18BrN3O2/c17-12-5-6-14-13(9-12)16(19-11-18-14)22-10-15(21)20-7-3-1-2-4-8-20/h5-6,9,11H,1-4,7-8,10H2. The molecule has 0 aliphatic carbocycles. The topological polar surface area (TPSA) is 55.3 Å². The van der Waals surface area contributed by atoms with Gasteiger partial charge in [0.1, 0.15) is 6.33 Å². The Balaban J connectivity index is 1.70. The minimum Gasteiger partial charge on any atom is -0.467 e. The summed E-state index contributed by atoms with van der Waals surface area (Å²) in [6, 6.07) is 5.72. The lowest BCUT2D eigenvalue weighted by atomic mass is 10.2. The fourth-order valence-electron chi connectivity index (χ4n) is 2.66. The van der Waals surface area contributed by atoms with Gasteiger partial charge in [-0.2, -0.15) is 0 Å². The molecule has 1 saturated heterocycles. The summed E-state index contributed by atoms with van der Waals surface area (Å²) in [6.07, 6.45) is 6.02. The van der Waals surface area contributed by atoms with E-state index in [9.17, 15) is 4.79 Å². The minimum atomic E-state index is 0.0264. The van der Waals surface area contributed by atoms with Gasteiger partial charge in [0.05, 0.1) is 10.9 Å². The Kier molecular flexibility index (Phi) is 4.87. The molecule has 0 spiro atoms. The zero-order chi connectivity index (χ0) is 15.4. The first-order valence-electron chi connectivity index (χ1n) is 7.55. The Morgan fingerprint density at radius 2 is 1.95 bits per heavy atom. The van der Waals surface area contributed by atoms with Crippen molar-refractivity contribution in [3.05, 3.63) is 29.0 Å². The number of halogens is 1. The van der Waals surface area contributed by atoms with Gasteiger partial charge >= 0.3 is 0 Å². The van der Waals surface area contributed by atoms with E-state index in [1.54, 1.807) is 0 Å². The van der Waals surface area contributed by atoms with Crippen LogP contribution in [-0.4, -0.2) is 40.5 Å². The predicted molar refractivity (Wildman–Crippen MR) is 87.8 cm³/mol. The van der Waals surface area contributed by atoms with Crippen LogP contribution in [0.4, 0.5) is 0 Å². The number of benzene rings is 1. The molecule has 0 saturated carbocycles. The van der Waals surface area contributed by atoms with Crippen LogP contribution < -0.4 is 4.74 Å². The van der Waals surface area contributed by atoms with Gasteiger partial charge in [-0.3, -0.25) is 4.79 Å². The first kappa shape index (κ1) is 15.2. The SMILES string of the molecule is O=C(COc1ncnc2ccc(Br)cc12)N1CCCCCC1. The van der Waals surface area contributed by atoms with Crippen molar-refractivity contribution in [1.29, 1.82) is 0 Å². The second-order valence-electron chi connectivity index (χ2n) is 5.42. The monoisotopic (exact) mass is 363 g/mol. The quantitative estimate of drug-likeness (QED) is 0.840. The van der Waals surface area contributed by atoms with Crippen LogP contribution in [0.5, 0.6) is 5.88 Å². The second-order valence-corrected chi connectivity index (χ2v) is 6.34. The smallest absolute Gasteiger partial charge is 0.260 e. The summed E-state index contributed by atoms with van der Waals surface area (Å²) in [5.74, 6) is 0.484. The molecule has 3 rings (SSSR count). The molecule has 0 radical (unpaired) electrons. The van der Waals surface area contributed by atoms with Gasteiger partial charge in [-0.25, -0.2) is 9.97 Å². The van der Waals surface area contributed by atoms with Gasteiger partial charge in [0.15, 0.2) is 6.61 Å². The molecule has 1 aromatic heterocycles. The van der Waals surface area contributed by atoms with Gasteiger partial charge in [0, 0.05) is 17.6 Å². The van der Waals surface area contributed by atoms with Gasteiger partial charge in [-0.15, -0.1) is 0 Å². The first-order valence-corrected chi connectivity index (χ1v) is 8.34. The molecular weight excluding hydrogens is 346 g/mol. The molecule has 6 heteroatoms. The molecule has 1 fully saturated rings. The number of carbonyl (C=O) groups is 1. The van der Waals surface area contributed by atoms with Gasteiger partial charge in [0.25, 0.3) is 5.91 Å². The molecule has 5 nitrogen and oxygen atoms in total. The molecule has 1 aromatic carbocycles. The van der Waals surface area contributed by atoms with Crippen LogP contribution in [-0.2, 0) is 4.79 Å². The van der Waals surface area contributed by atoms with E-state index in [-0.39, 0.29) is 12.5 Å². The van der Waals surface area contributed by atoms with E-state index in [4.69, 9.17) is 4.74 Å². The zero-order valence-corrected chi connectivity index (χ0v) is 13.9. The van der Waals surface area contributed by atoms with Crippen LogP contribution in [0, 0.1) is 0 Å². The highest BCUT2D eigenvalue weighted by molar-refractivity contribution is 9.10. The van der Waals surface area contributed by atoms with E-state index in [1.807, 2.05) is 23.1 Å².